The molecule has 0 amide bonds. The van der Waals surface area contributed by atoms with Crippen LogP contribution in [0.5, 0.6) is 0 Å². The Kier molecular flexibility index (Phi) is 17.3. The molecule has 2 fully saturated rings. The van der Waals surface area contributed by atoms with E-state index in [4.69, 9.17) is 14.2 Å². The number of hydrogen-bond donors (Lipinski definition) is 0. The van der Waals surface area contributed by atoms with E-state index in [1.807, 2.05) is 0 Å². The Bertz CT molecular complexity index is 616. The second-order valence-electron chi connectivity index (χ2n) is 13.0. The predicted octanol–water partition coefficient (Wildman–Crippen LogP) is 10.8. The standard InChI is InChI=1S/C36H66O3/c1-7-11-13-15-17-19-21-23-25-31(5)33(35(9-3)27-37-28-35)39-34(36(10-4)29-38-30-36)32(6)26-24-22-20-18-16-14-12-8-2/h25-26,33-34H,7-24,27-30H2,1-6H3/b31-25+,32-26+. The molecule has 0 radical (unpaired) electrons. The Hall–Kier alpha value is -0.640. The largest absolute Gasteiger partial charge is 0.380 e. The number of ether oxygens (including phenoxy) is 3. The molecule has 0 aromatic carbocycles. The summed E-state index contributed by atoms with van der Waals surface area (Å²) in [5.41, 5.74) is 3.05. The van der Waals surface area contributed by atoms with Gasteiger partial charge in [-0.25, -0.2) is 0 Å². The Morgan fingerprint density at radius 2 is 0.897 bits per heavy atom. The first-order chi connectivity index (χ1) is 19.0. The van der Waals surface area contributed by atoms with Crippen molar-refractivity contribution in [3.8, 4) is 0 Å². The van der Waals surface area contributed by atoms with Crippen LogP contribution in [0.25, 0.3) is 0 Å². The molecule has 228 valence electrons. The second kappa shape index (κ2) is 19.5. The van der Waals surface area contributed by atoms with Gasteiger partial charge in [-0.05, 0) is 63.5 Å². The van der Waals surface area contributed by atoms with E-state index in [2.05, 4.69) is 53.7 Å². The van der Waals surface area contributed by atoms with E-state index in [0.717, 1.165) is 39.3 Å². The molecule has 0 aromatic rings. The molecule has 3 heteroatoms. The number of unbranched alkanes of at least 4 members (excludes halogenated alkanes) is 14. The first-order valence-corrected chi connectivity index (χ1v) is 17.1. The molecule has 2 aliphatic heterocycles. The van der Waals surface area contributed by atoms with Crippen LogP contribution >= 0.6 is 0 Å². The van der Waals surface area contributed by atoms with E-state index in [1.54, 1.807) is 0 Å². The Morgan fingerprint density at radius 3 is 1.18 bits per heavy atom. The van der Waals surface area contributed by atoms with Crippen molar-refractivity contribution in [1.82, 2.24) is 0 Å². The van der Waals surface area contributed by atoms with Crippen LogP contribution in [0.1, 0.15) is 157 Å². The molecular weight excluding hydrogens is 480 g/mol. The summed E-state index contributed by atoms with van der Waals surface area (Å²) in [5, 5.41) is 0. The molecule has 0 aliphatic carbocycles. The Labute approximate surface area is 243 Å². The summed E-state index contributed by atoms with van der Waals surface area (Å²) in [7, 11) is 0. The maximum Gasteiger partial charge on any atom is 0.0891 e. The molecule has 0 spiro atoms. The highest BCUT2D eigenvalue weighted by Crippen LogP contribution is 2.46. The van der Waals surface area contributed by atoms with Crippen molar-refractivity contribution in [2.45, 2.75) is 169 Å². The Balaban J connectivity index is 2.05. The van der Waals surface area contributed by atoms with Crippen LogP contribution in [0.15, 0.2) is 23.3 Å². The molecule has 2 atom stereocenters. The molecule has 2 aliphatic rings. The molecule has 0 bridgehead atoms. The van der Waals surface area contributed by atoms with E-state index in [0.29, 0.717) is 0 Å². The molecule has 39 heavy (non-hydrogen) atoms. The summed E-state index contributed by atoms with van der Waals surface area (Å²) in [5.74, 6) is 0. The van der Waals surface area contributed by atoms with Crippen molar-refractivity contribution >= 4 is 0 Å². The van der Waals surface area contributed by atoms with Crippen molar-refractivity contribution in [3.05, 3.63) is 23.3 Å². The lowest BCUT2D eigenvalue weighted by Gasteiger charge is -2.52. The predicted molar refractivity (Wildman–Crippen MR) is 168 cm³/mol. The highest BCUT2D eigenvalue weighted by atomic mass is 16.5. The summed E-state index contributed by atoms with van der Waals surface area (Å²) < 4.78 is 19.0. The lowest BCUT2D eigenvalue weighted by atomic mass is 9.72. The third-order valence-electron chi connectivity index (χ3n) is 9.73. The average Bonchev–Trinajstić information content (AvgIpc) is 2.89. The summed E-state index contributed by atoms with van der Waals surface area (Å²) in [6.07, 6.45) is 28.8. The first-order valence-electron chi connectivity index (χ1n) is 17.1. The normalized spacial score (nSPS) is 20.4. The fourth-order valence-electron chi connectivity index (χ4n) is 6.49. The van der Waals surface area contributed by atoms with Gasteiger partial charge < -0.3 is 14.2 Å². The molecule has 0 aromatic heterocycles. The van der Waals surface area contributed by atoms with Crippen LogP contribution in [0.2, 0.25) is 0 Å². The van der Waals surface area contributed by atoms with Crippen LogP contribution in [0.3, 0.4) is 0 Å². The minimum absolute atomic E-state index is 0.108. The van der Waals surface area contributed by atoms with E-state index in [-0.39, 0.29) is 23.0 Å². The van der Waals surface area contributed by atoms with Gasteiger partial charge in [0.2, 0.25) is 0 Å². The van der Waals surface area contributed by atoms with Gasteiger partial charge >= 0.3 is 0 Å². The van der Waals surface area contributed by atoms with E-state index in [1.165, 1.54) is 114 Å². The zero-order valence-corrected chi connectivity index (χ0v) is 27.1. The summed E-state index contributed by atoms with van der Waals surface area (Å²) in [6.45, 7) is 17.2. The van der Waals surface area contributed by atoms with Crippen LogP contribution < -0.4 is 0 Å². The molecular formula is C36H66O3. The third kappa shape index (κ3) is 10.9. The van der Waals surface area contributed by atoms with Gasteiger partial charge in [-0.1, -0.05) is 117 Å². The topological polar surface area (TPSA) is 27.7 Å². The minimum atomic E-state index is 0.108. The summed E-state index contributed by atoms with van der Waals surface area (Å²) >= 11 is 0. The molecule has 0 N–H and O–H groups in total. The van der Waals surface area contributed by atoms with Crippen molar-refractivity contribution in [1.29, 1.82) is 0 Å². The van der Waals surface area contributed by atoms with Gasteiger partial charge in [0.05, 0.1) is 38.6 Å². The van der Waals surface area contributed by atoms with Gasteiger partial charge in [-0.3, -0.25) is 0 Å². The SMILES string of the molecule is CCCCCCCCC/C=C(\C)C(OC(/C(C)=C/CCCCCCCCC)C1(CC)COC1)C1(CC)COC1. The monoisotopic (exact) mass is 547 g/mol. The lowest BCUT2D eigenvalue weighted by Crippen LogP contribution is -2.58. The van der Waals surface area contributed by atoms with Gasteiger partial charge in [-0.15, -0.1) is 0 Å². The second-order valence-corrected chi connectivity index (χ2v) is 13.0. The first kappa shape index (κ1) is 34.6. The molecule has 2 unspecified atom stereocenters. The van der Waals surface area contributed by atoms with Gasteiger partial charge in [0.15, 0.2) is 0 Å². The zero-order valence-electron chi connectivity index (χ0n) is 27.1. The molecule has 0 saturated carbocycles. The maximum absolute atomic E-state index is 7.32. The van der Waals surface area contributed by atoms with Crippen molar-refractivity contribution in [2.24, 2.45) is 10.8 Å². The lowest BCUT2D eigenvalue weighted by molar-refractivity contribution is -0.231. The van der Waals surface area contributed by atoms with Gasteiger partial charge in [0.1, 0.15) is 0 Å². The molecule has 3 nitrogen and oxygen atoms in total. The zero-order chi connectivity index (χ0) is 28.4. The van der Waals surface area contributed by atoms with Crippen molar-refractivity contribution < 1.29 is 14.2 Å². The Morgan fingerprint density at radius 1 is 0.564 bits per heavy atom. The molecule has 2 saturated heterocycles. The van der Waals surface area contributed by atoms with Crippen molar-refractivity contribution in [3.63, 3.8) is 0 Å². The number of hydrogen-bond acceptors (Lipinski definition) is 3. The van der Waals surface area contributed by atoms with E-state index >= 15 is 0 Å². The number of rotatable bonds is 24. The number of allylic oxidation sites excluding steroid dienone is 2. The quantitative estimate of drug-likeness (QED) is 0.0890. The summed E-state index contributed by atoms with van der Waals surface area (Å²) in [6, 6.07) is 0. The van der Waals surface area contributed by atoms with Crippen LogP contribution in [-0.4, -0.2) is 38.6 Å². The highest BCUT2D eigenvalue weighted by Gasteiger charge is 2.51. The van der Waals surface area contributed by atoms with Crippen LogP contribution in [0, 0.1) is 10.8 Å². The minimum Gasteiger partial charge on any atom is -0.380 e. The average molecular weight is 547 g/mol. The fraction of sp³-hybridized carbons (Fsp3) is 0.889. The molecule has 2 rings (SSSR count). The van der Waals surface area contributed by atoms with Crippen molar-refractivity contribution in [2.75, 3.05) is 26.4 Å². The highest BCUT2D eigenvalue weighted by molar-refractivity contribution is 5.18. The third-order valence-corrected chi connectivity index (χ3v) is 9.73. The van der Waals surface area contributed by atoms with E-state index in [9.17, 15) is 0 Å². The van der Waals surface area contributed by atoms with E-state index < -0.39 is 0 Å². The van der Waals surface area contributed by atoms with Crippen LogP contribution in [-0.2, 0) is 14.2 Å². The van der Waals surface area contributed by atoms with Gasteiger partial charge in [0, 0.05) is 10.8 Å². The smallest absolute Gasteiger partial charge is 0.0891 e. The summed E-state index contributed by atoms with van der Waals surface area (Å²) in [4.78, 5) is 0. The van der Waals surface area contributed by atoms with Gasteiger partial charge in [-0.2, -0.15) is 0 Å². The van der Waals surface area contributed by atoms with Crippen LogP contribution in [0.4, 0.5) is 0 Å². The fourth-order valence-corrected chi connectivity index (χ4v) is 6.49. The van der Waals surface area contributed by atoms with Gasteiger partial charge in [0.25, 0.3) is 0 Å². The molecule has 2 heterocycles. The maximum atomic E-state index is 7.32.